The molecular weight excluding hydrogens is 340 g/mol. The highest BCUT2D eigenvalue weighted by molar-refractivity contribution is 9.10. The fraction of sp³-hybridized carbons (Fsp3) is 0.188. The Balaban J connectivity index is 2.31. The Bertz CT molecular complexity index is 675. The van der Waals surface area contributed by atoms with Crippen LogP contribution in [0.4, 0.5) is 8.78 Å². The summed E-state index contributed by atoms with van der Waals surface area (Å²) in [6.07, 6.45) is 0. The van der Waals surface area contributed by atoms with Crippen LogP contribution in [0.2, 0.25) is 0 Å². The normalized spacial score (nSPS) is 12.0. The Morgan fingerprint density at radius 1 is 1.14 bits per heavy atom. The third kappa shape index (κ3) is 3.13. The zero-order valence-corrected chi connectivity index (χ0v) is 13.2. The third-order valence-electron chi connectivity index (χ3n) is 3.44. The monoisotopic (exact) mass is 353 g/mol. The van der Waals surface area contributed by atoms with Gasteiger partial charge in [-0.15, -0.1) is 0 Å². The van der Waals surface area contributed by atoms with Crippen molar-refractivity contribution in [3.63, 3.8) is 0 Å². The van der Waals surface area contributed by atoms with Crippen molar-refractivity contribution >= 4 is 21.8 Å². The predicted molar refractivity (Wildman–Crippen MR) is 81.0 cm³/mol. The molecule has 2 aromatic carbocycles. The lowest BCUT2D eigenvalue weighted by molar-refractivity contribution is 0.0735. The van der Waals surface area contributed by atoms with Gasteiger partial charge in [0, 0.05) is 12.6 Å². The number of amides is 1. The van der Waals surface area contributed by atoms with Crippen LogP contribution in [-0.4, -0.2) is 17.9 Å². The first-order valence-electron chi connectivity index (χ1n) is 6.39. The Kier molecular flexibility index (Phi) is 4.73. The highest BCUT2D eigenvalue weighted by Crippen LogP contribution is 2.25. The minimum atomic E-state index is -0.616. The SMILES string of the molecule is CC(c1ccccc1F)N(C)C(=O)c1cccc(Br)c1F. The molecular formula is C16H14BrF2NO. The van der Waals surface area contributed by atoms with Gasteiger partial charge in [-0.2, -0.15) is 0 Å². The van der Waals surface area contributed by atoms with E-state index in [1.165, 1.54) is 30.1 Å². The van der Waals surface area contributed by atoms with Gasteiger partial charge < -0.3 is 4.90 Å². The van der Waals surface area contributed by atoms with E-state index in [2.05, 4.69) is 15.9 Å². The minimum absolute atomic E-state index is 0.0462. The Labute approximate surface area is 130 Å². The molecule has 1 amide bonds. The average molecular weight is 354 g/mol. The van der Waals surface area contributed by atoms with Crippen molar-refractivity contribution in [3.05, 3.63) is 69.7 Å². The average Bonchev–Trinajstić information content (AvgIpc) is 2.48. The molecule has 0 aliphatic heterocycles. The van der Waals surface area contributed by atoms with Crippen LogP contribution < -0.4 is 0 Å². The van der Waals surface area contributed by atoms with Gasteiger partial charge in [0.1, 0.15) is 11.6 Å². The standard InChI is InChI=1S/C16H14BrF2NO/c1-10(11-6-3-4-9-14(11)18)20(2)16(21)12-7-5-8-13(17)15(12)19/h3-10H,1-2H3. The summed E-state index contributed by atoms with van der Waals surface area (Å²) in [6.45, 7) is 1.70. The van der Waals surface area contributed by atoms with Crippen LogP contribution in [0, 0.1) is 11.6 Å². The number of hydrogen-bond acceptors (Lipinski definition) is 1. The third-order valence-corrected chi connectivity index (χ3v) is 4.05. The van der Waals surface area contributed by atoms with Crippen LogP contribution in [0.25, 0.3) is 0 Å². The molecule has 0 N–H and O–H groups in total. The summed E-state index contributed by atoms with van der Waals surface area (Å²) in [7, 11) is 1.53. The number of carbonyl (C=O) groups excluding carboxylic acids is 1. The molecule has 0 fully saturated rings. The first-order chi connectivity index (χ1) is 9.93. The lowest BCUT2D eigenvalue weighted by Crippen LogP contribution is -2.30. The van der Waals surface area contributed by atoms with Gasteiger partial charge >= 0.3 is 0 Å². The highest BCUT2D eigenvalue weighted by Gasteiger charge is 2.23. The molecule has 0 aliphatic rings. The van der Waals surface area contributed by atoms with Crippen molar-refractivity contribution in [1.82, 2.24) is 4.90 Å². The van der Waals surface area contributed by atoms with Crippen LogP contribution in [-0.2, 0) is 0 Å². The Morgan fingerprint density at radius 2 is 1.81 bits per heavy atom. The topological polar surface area (TPSA) is 20.3 Å². The quantitative estimate of drug-likeness (QED) is 0.791. The fourth-order valence-corrected chi connectivity index (χ4v) is 2.42. The van der Waals surface area contributed by atoms with E-state index in [-0.39, 0.29) is 15.9 Å². The van der Waals surface area contributed by atoms with Crippen molar-refractivity contribution in [2.24, 2.45) is 0 Å². The van der Waals surface area contributed by atoms with Crippen LogP contribution in [0.1, 0.15) is 28.9 Å². The Hall–Kier alpha value is -1.75. The summed E-state index contributed by atoms with van der Waals surface area (Å²) in [5, 5.41) is 0. The van der Waals surface area contributed by atoms with E-state index in [1.807, 2.05) is 0 Å². The molecule has 1 atom stereocenters. The molecule has 0 saturated carbocycles. The smallest absolute Gasteiger partial charge is 0.257 e. The molecule has 0 aliphatic carbocycles. The molecule has 0 aromatic heterocycles. The van der Waals surface area contributed by atoms with Gasteiger partial charge in [-0.3, -0.25) is 4.79 Å². The van der Waals surface area contributed by atoms with Crippen LogP contribution in [0.15, 0.2) is 46.9 Å². The van der Waals surface area contributed by atoms with E-state index >= 15 is 0 Å². The van der Waals surface area contributed by atoms with E-state index in [1.54, 1.807) is 31.2 Å². The first-order valence-corrected chi connectivity index (χ1v) is 7.18. The molecule has 0 spiro atoms. The highest BCUT2D eigenvalue weighted by atomic mass is 79.9. The number of rotatable bonds is 3. The molecule has 2 nitrogen and oxygen atoms in total. The second-order valence-corrected chi connectivity index (χ2v) is 5.57. The molecule has 0 heterocycles. The predicted octanol–water partition coefficient (Wildman–Crippen LogP) is 4.56. The molecule has 0 bridgehead atoms. The molecule has 110 valence electrons. The van der Waals surface area contributed by atoms with E-state index in [0.29, 0.717) is 5.56 Å². The maximum atomic E-state index is 14.0. The zero-order chi connectivity index (χ0) is 15.6. The molecule has 1 unspecified atom stereocenters. The molecule has 0 saturated heterocycles. The second-order valence-electron chi connectivity index (χ2n) is 4.71. The van der Waals surface area contributed by atoms with Gasteiger partial charge in [0.05, 0.1) is 16.1 Å². The van der Waals surface area contributed by atoms with Gasteiger partial charge in [0.2, 0.25) is 0 Å². The second kappa shape index (κ2) is 6.35. The molecule has 21 heavy (non-hydrogen) atoms. The number of carbonyl (C=O) groups is 1. The van der Waals surface area contributed by atoms with Crippen molar-refractivity contribution < 1.29 is 13.6 Å². The van der Waals surface area contributed by atoms with Crippen molar-refractivity contribution in [3.8, 4) is 0 Å². The van der Waals surface area contributed by atoms with Crippen LogP contribution in [0.5, 0.6) is 0 Å². The fourth-order valence-electron chi connectivity index (χ4n) is 2.06. The number of benzene rings is 2. The van der Waals surface area contributed by atoms with Gasteiger partial charge in [-0.25, -0.2) is 8.78 Å². The summed E-state index contributed by atoms with van der Waals surface area (Å²) < 4.78 is 28.0. The van der Waals surface area contributed by atoms with Crippen molar-refractivity contribution in [2.45, 2.75) is 13.0 Å². The maximum absolute atomic E-state index is 14.0. The summed E-state index contributed by atoms with van der Waals surface area (Å²) in [6, 6.07) is 10.2. The number of hydrogen-bond donors (Lipinski definition) is 0. The van der Waals surface area contributed by atoms with Gasteiger partial charge in [0.25, 0.3) is 5.91 Å². The van der Waals surface area contributed by atoms with E-state index < -0.39 is 17.8 Å². The summed E-state index contributed by atoms with van der Waals surface area (Å²) >= 11 is 3.05. The van der Waals surface area contributed by atoms with Crippen molar-refractivity contribution in [2.75, 3.05) is 7.05 Å². The van der Waals surface area contributed by atoms with E-state index in [4.69, 9.17) is 0 Å². The summed E-state index contributed by atoms with van der Waals surface area (Å²) in [4.78, 5) is 13.7. The van der Waals surface area contributed by atoms with Crippen LogP contribution >= 0.6 is 15.9 Å². The molecule has 2 rings (SSSR count). The number of halogens is 3. The summed E-state index contributed by atoms with van der Waals surface area (Å²) in [5.41, 5.74) is 0.346. The van der Waals surface area contributed by atoms with Gasteiger partial charge in [-0.1, -0.05) is 24.3 Å². The first kappa shape index (κ1) is 15.6. The molecule has 0 radical (unpaired) electrons. The number of nitrogens with zero attached hydrogens (tertiary/aromatic N) is 1. The lowest BCUT2D eigenvalue weighted by Gasteiger charge is -2.26. The van der Waals surface area contributed by atoms with Crippen molar-refractivity contribution in [1.29, 1.82) is 0 Å². The summed E-state index contributed by atoms with van der Waals surface area (Å²) in [5.74, 6) is -1.50. The van der Waals surface area contributed by atoms with E-state index in [0.717, 1.165) is 0 Å². The largest absolute Gasteiger partial charge is 0.335 e. The van der Waals surface area contributed by atoms with Crippen LogP contribution in [0.3, 0.4) is 0 Å². The Morgan fingerprint density at radius 3 is 2.48 bits per heavy atom. The molecule has 2 aromatic rings. The molecule has 5 heteroatoms. The zero-order valence-electron chi connectivity index (χ0n) is 11.6. The van der Waals surface area contributed by atoms with E-state index in [9.17, 15) is 13.6 Å². The van der Waals surface area contributed by atoms with Gasteiger partial charge in [0.15, 0.2) is 0 Å². The minimum Gasteiger partial charge on any atom is -0.335 e. The van der Waals surface area contributed by atoms with Gasteiger partial charge in [-0.05, 0) is 41.1 Å². The lowest BCUT2D eigenvalue weighted by atomic mass is 10.1. The maximum Gasteiger partial charge on any atom is 0.257 e.